The summed E-state index contributed by atoms with van der Waals surface area (Å²) in [6.45, 7) is 7.63. The van der Waals surface area contributed by atoms with Crippen molar-refractivity contribution in [2.24, 2.45) is 0 Å². The Labute approximate surface area is 164 Å². The SMILES string of the molecule is CC[NH+](CC(=O)N(c1ccccc1)C(C)C)Cc1nc2ccccc2c(=O)[nH]1. The molecule has 0 aliphatic rings. The molecule has 0 saturated carbocycles. The van der Waals surface area contributed by atoms with Crippen molar-refractivity contribution in [1.82, 2.24) is 9.97 Å². The minimum atomic E-state index is -0.143. The lowest BCUT2D eigenvalue weighted by molar-refractivity contribution is -0.904. The smallest absolute Gasteiger partial charge is 0.282 e. The molecule has 0 aliphatic carbocycles. The minimum absolute atomic E-state index is 0.0567. The van der Waals surface area contributed by atoms with Crippen LogP contribution >= 0.6 is 0 Å². The average molecular weight is 379 g/mol. The Morgan fingerprint density at radius 3 is 2.46 bits per heavy atom. The quantitative estimate of drug-likeness (QED) is 0.657. The second-order valence-corrected chi connectivity index (χ2v) is 7.18. The van der Waals surface area contributed by atoms with E-state index in [0.717, 1.165) is 17.1 Å². The first kappa shape index (κ1) is 19.8. The van der Waals surface area contributed by atoms with Crippen molar-refractivity contribution >= 4 is 22.5 Å². The van der Waals surface area contributed by atoms with Gasteiger partial charge < -0.3 is 14.8 Å². The van der Waals surface area contributed by atoms with Crippen LogP contribution in [-0.4, -0.2) is 35.0 Å². The number of carbonyl (C=O) groups excluding carboxylic acids is 1. The molecule has 146 valence electrons. The largest absolute Gasteiger partial charge is 0.321 e. The second-order valence-electron chi connectivity index (χ2n) is 7.18. The fraction of sp³-hybridized carbons (Fsp3) is 0.318. The van der Waals surface area contributed by atoms with Gasteiger partial charge in [-0.1, -0.05) is 30.3 Å². The lowest BCUT2D eigenvalue weighted by Gasteiger charge is -2.28. The van der Waals surface area contributed by atoms with Gasteiger partial charge in [-0.05, 0) is 45.0 Å². The number of rotatable bonds is 7. The Balaban J connectivity index is 1.78. The summed E-state index contributed by atoms with van der Waals surface area (Å²) in [5.74, 6) is 0.658. The van der Waals surface area contributed by atoms with Crippen LogP contribution in [0.1, 0.15) is 26.6 Å². The minimum Gasteiger partial charge on any atom is -0.321 e. The highest BCUT2D eigenvalue weighted by atomic mass is 16.2. The molecule has 6 nitrogen and oxygen atoms in total. The van der Waals surface area contributed by atoms with E-state index in [1.165, 1.54) is 0 Å². The first-order valence-corrected chi connectivity index (χ1v) is 9.68. The lowest BCUT2D eigenvalue weighted by atomic mass is 10.2. The summed E-state index contributed by atoms with van der Waals surface area (Å²) < 4.78 is 0. The Hall–Kier alpha value is -2.99. The molecule has 1 aromatic heterocycles. The number of nitrogens with zero attached hydrogens (tertiary/aromatic N) is 2. The fourth-order valence-electron chi connectivity index (χ4n) is 3.39. The predicted octanol–water partition coefficient (Wildman–Crippen LogP) is 1.77. The molecule has 1 unspecified atom stereocenters. The standard InChI is InChI=1S/C22H26N4O2/c1-4-25(14-20-23-19-13-9-8-12-18(19)22(28)24-20)15-21(27)26(16(2)3)17-10-6-5-7-11-17/h5-13,16H,4,14-15H2,1-3H3,(H,23,24,28)/p+1. The van der Waals surface area contributed by atoms with E-state index in [4.69, 9.17) is 0 Å². The second kappa shape index (κ2) is 8.80. The fourth-order valence-corrected chi connectivity index (χ4v) is 3.39. The van der Waals surface area contributed by atoms with E-state index >= 15 is 0 Å². The number of carbonyl (C=O) groups is 1. The molecule has 0 saturated heterocycles. The van der Waals surface area contributed by atoms with Crippen molar-refractivity contribution in [3.05, 3.63) is 70.8 Å². The maximum atomic E-state index is 13.0. The van der Waals surface area contributed by atoms with Crippen LogP contribution in [0.3, 0.4) is 0 Å². The molecule has 1 amide bonds. The number of quaternary nitrogens is 1. The van der Waals surface area contributed by atoms with Crippen molar-refractivity contribution in [2.45, 2.75) is 33.4 Å². The Morgan fingerprint density at radius 1 is 1.11 bits per heavy atom. The molecule has 28 heavy (non-hydrogen) atoms. The predicted molar refractivity (Wildman–Crippen MR) is 112 cm³/mol. The Bertz CT molecular complexity index is 998. The summed E-state index contributed by atoms with van der Waals surface area (Å²) in [4.78, 5) is 35.6. The van der Waals surface area contributed by atoms with E-state index in [0.29, 0.717) is 29.8 Å². The number of fused-ring (bicyclic) bond motifs is 1. The zero-order valence-electron chi connectivity index (χ0n) is 16.6. The van der Waals surface area contributed by atoms with Gasteiger partial charge in [0, 0.05) is 11.7 Å². The summed E-state index contributed by atoms with van der Waals surface area (Å²) in [5.41, 5.74) is 1.43. The van der Waals surface area contributed by atoms with Crippen molar-refractivity contribution < 1.29 is 9.69 Å². The highest BCUT2D eigenvalue weighted by Gasteiger charge is 2.23. The molecule has 0 fully saturated rings. The number of aromatic nitrogens is 2. The maximum absolute atomic E-state index is 13.0. The van der Waals surface area contributed by atoms with E-state index in [-0.39, 0.29) is 17.5 Å². The van der Waals surface area contributed by atoms with Gasteiger partial charge in [-0.2, -0.15) is 0 Å². The number of amides is 1. The summed E-state index contributed by atoms with van der Waals surface area (Å²) >= 11 is 0. The molecular weight excluding hydrogens is 352 g/mol. The van der Waals surface area contributed by atoms with Gasteiger partial charge in [0.1, 0.15) is 6.54 Å². The van der Waals surface area contributed by atoms with Crippen LogP contribution in [0.2, 0.25) is 0 Å². The summed E-state index contributed by atoms with van der Waals surface area (Å²) in [7, 11) is 0. The van der Waals surface area contributed by atoms with Gasteiger partial charge in [-0.3, -0.25) is 9.59 Å². The molecule has 0 aliphatic heterocycles. The van der Waals surface area contributed by atoms with Crippen LogP contribution in [0.15, 0.2) is 59.4 Å². The number of aromatic amines is 1. The molecule has 0 bridgehead atoms. The Morgan fingerprint density at radius 2 is 1.79 bits per heavy atom. The van der Waals surface area contributed by atoms with Crippen LogP contribution in [0.5, 0.6) is 0 Å². The molecule has 0 radical (unpaired) electrons. The van der Waals surface area contributed by atoms with Gasteiger partial charge in [0.25, 0.3) is 11.5 Å². The van der Waals surface area contributed by atoms with Gasteiger partial charge >= 0.3 is 0 Å². The summed E-state index contributed by atoms with van der Waals surface area (Å²) in [6.07, 6.45) is 0. The van der Waals surface area contributed by atoms with Crippen LogP contribution in [0.4, 0.5) is 5.69 Å². The highest BCUT2D eigenvalue weighted by molar-refractivity contribution is 5.94. The van der Waals surface area contributed by atoms with Crippen molar-refractivity contribution in [2.75, 3.05) is 18.0 Å². The van der Waals surface area contributed by atoms with Gasteiger partial charge in [0.05, 0.1) is 17.4 Å². The first-order valence-electron chi connectivity index (χ1n) is 9.68. The third-order valence-electron chi connectivity index (χ3n) is 4.80. The van der Waals surface area contributed by atoms with E-state index < -0.39 is 0 Å². The first-order chi connectivity index (χ1) is 13.5. The molecule has 1 atom stereocenters. The number of para-hydroxylation sites is 2. The number of hydrogen-bond acceptors (Lipinski definition) is 3. The van der Waals surface area contributed by atoms with Crippen molar-refractivity contribution in [1.29, 1.82) is 0 Å². The zero-order chi connectivity index (χ0) is 20.1. The number of nitrogens with one attached hydrogen (secondary N) is 2. The molecule has 1 heterocycles. The van der Waals surface area contributed by atoms with Gasteiger partial charge in [-0.25, -0.2) is 4.98 Å². The van der Waals surface area contributed by atoms with Gasteiger partial charge in [0.15, 0.2) is 12.4 Å². The normalized spacial score (nSPS) is 12.3. The number of H-pyrrole nitrogens is 1. The molecule has 2 aromatic carbocycles. The maximum Gasteiger partial charge on any atom is 0.282 e. The van der Waals surface area contributed by atoms with E-state index in [2.05, 4.69) is 9.97 Å². The molecule has 6 heteroatoms. The van der Waals surface area contributed by atoms with E-state index in [1.807, 2.05) is 74.2 Å². The average Bonchev–Trinajstić information content (AvgIpc) is 2.68. The van der Waals surface area contributed by atoms with Crippen LogP contribution in [-0.2, 0) is 11.3 Å². The van der Waals surface area contributed by atoms with E-state index in [9.17, 15) is 9.59 Å². The molecular formula is C22H27N4O2+. The van der Waals surface area contributed by atoms with E-state index in [1.54, 1.807) is 6.07 Å². The van der Waals surface area contributed by atoms with Crippen LogP contribution in [0, 0.1) is 0 Å². The molecule has 2 N–H and O–H groups in total. The molecule has 3 rings (SSSR count). The Kier molecular flexibility index (Phi) is 6.21. The zero-order valence-corrected chi connectivity index (χ0v) is 16.6. The topological polar surface area (TPSA) is 70.5 Å². The number of benzene rings is 2. The van der Waals surface area contributed by atoms with Gasteiger partial charge in [0.2, 0.25) is 0 Å². The monoisotopic (exact) mass is 379 g/mol. The number of likely N-dealkylation sites (N-methyl/N-ethyl adjacent to an activating group) is 1. The third kappa shape index (κ3) is 4.46. The van der Waals surface area contributed by atoms with Crippen molar-refractivity contribution in [3.8, 4) is 0 Å². The van der Waals surface area contributed by atoms with Crippen molar-refractivity contribution in [3.63, 3.8) is 0 Å². The van der Waals surface area contributed by atoms with Gasteiger partial charge in [-0.15, -0.1) is 0 Å². The third-order valence-corrected chi connectivity index (χ3v) is 4.80. The van der Waals surface area contributed by atoms with Crippen LogP contribution in [0.25, 0.3) is 10.9 Å². The number of hydrogen-bond donors (Lipinski definition) is 2. The highest BCUT2D eigenvalue weighted by Crippen LogP contribution is 2.16. The number of anilines is 1. The molecule has 0 spiro atoms. The molecule has 3 aromatic rings. The summed E-state index contributed by atoms with van der Waals surface area (Å²) in [6, 6.07) is 17.1. The lowest BCUT2D eigenvalue weighted by Crippen LogP contribution is -3.11. The van der Waals surface area contributed by atoms with Crippen LogP contribution < -0.4 is 15.4 Å². The summed E-state index contributed by atoms with van der Waals surface area (Å²) in [5, 5.41) is 0.579.